The Kier molecular flexibility index (Phi) is 4.16. The van der Waals surface area contributed by atoms with E-state index in [-0.39, 0.29) is 0 Å². The van der Waals surface area contributed by atoms with Gasteiger partial charge in [0.25, 0.3) is 0 Å². The number of rotatable bonds is 4. The average molecular weight is 164 g/mol. The van der Waals surface area contributed by atoms with E-state index in [1.165, 1.54) is 6.92 Å². The van der Waals surface area contributed by atoms with E-state index in [0.29, 0.717) is 6.16 Å². The molecule has 0 saturated carbocycles. The summed E-state index contributed by atoms with van der Waals surface area (Å²) in [4.78, 5) is 10.2. The van der Waals surface area contributed by atoms with Gasteiger partial charge in [-0.3, -0.25) is 4.79 Å². The fourth-order valence-corrected chi connectivity index (χ4v) is 1.09. The second kappa shape index (κ2) is 4.36. The fraction of sp³-hybridized carbons (Fsp3) is 0.800. The summed E-state index contributed by atoms with van der Waals surface area (Å²) in [7, 11) is -1.53. The molecule has 0 bridgehead atoms. The summed E-state index contributed by atoms with van der Waals surface area (Å²) in [6.07, 6.45) is 0.465. The highest BCUT2D eigenvalue weighted by molar-refractivity contribution is 7.42. The summed E-state index contributed by atoms with van der Waals surface area (Å²) < 4.78 is 10.7. The van der Waals surface area contributed by atoms with Crippen LogP contribution in [0.25, 0.3) is 0 Å². The molecule has 58 valence electrons. The van der Waals surface area contributed by atoms with E-state index in [0.717, 1.165) is 0 Å². The molecule has 0 aliphatic carbocycles. The van der Waals surface area contributed by atoms with Crippen molar-refractivity contribution in [3.05, 3.63) is 0 Å². The lowest BCUT2D eigenvalue weighted by atomic mass is 10.4. The average Bonchev–Trinajstić information content (AvgIpc) is 1.87. The molecule has 10 heavy (non-hydrogen) atoms. The van der Waals surface area contributed by atoms with Crippen molar-refractivity contribution >= 4 is 13.9 Å². The molecule has 0 aromatic rings. The summed E-state index contributed by atoms with van der Waals surface area (Å²) >= 11 is 0. The third-order valence-corrected chi connectivity index (χ3v) is 2.24. The van der Waals surface area contributed by atoms with Crippen LogP contribution in [0, 0.1) is 0 Å². The molecule has 0 spiro atoms. The van der Waals surface area contributed by atoms with Crippen LogP contribution in [0.1, 0.15) is 13.8 Å². The maximum Gasteiger partial charge on any atom is 0.432 e. The smallest absolute Gasteiger partial charge is 0.432 e. The molecule has 0 heterocycles. The Labute approximate surface area is 60.5 Å². The van der Waals surface area contributed by atoms with E-state index in [9.17, 15) is 9.36 Å². The Morgan fingerprint density at radius 2 is 2.30 bits per heavy atom. The summed E-state index contributed by atoms with van der Waals surface area (Å²) in [5.74, 6) is -0.975. The van der Waals surface area contributed by atoms with E-state index in [1.54, 1.807) is 6.92 Å². The largest absolute Gasteiger partial charge is 0.480 e. The molecule has 1 unspecified atom stereocenters. The monoisotopic (exact) mass is 164 g/mol. The Morgan fingerprint density at radius 3 is 2.60 bits per heavy atom. The molecule has 0 saturated heterocycles. The lowest BCUT2D eigenvalue weighted by Gasteiger charge is -1.96. The van der Waals surface area contributed by atoms with E-state index in [1.807, 2.05) is 0 Å². The Balaban J connectivity index is 3.68. The normalized spacial score (nSPS) is 14.4. The van der Waals surface area contributed by atoms with Crippen molar-refractivity contribution in [2.75, 3.05) is 6.16 Å². The van der Waals surface area contributed by atoms with Crippen molar-refractivity contribution in [2.45, 2.75) is 19.9 Å². The molecular weight excluding hydrogens is 153 g/mol. The van der Waals surface area contributed by atoms with Gasteiger partial charge >= 0.3 is 13.9 Å². The van der Waals surface area contributed by atoms with Crippen LogP contribution in [-0.4, -0.2) is 23.3 Å². The fourth-order valence-electron chi connectivity index (χ4n) is 0.362. The number of hydrogen-bond acceptors (Lipinski definition) is 2. The summed E-state index contributed by atoms with van der Waals surface area (Å²) in [5, 5.41) is 10.8. The highest BCUT2D eigenvalue weighted by Gasteiger charge is 2.20. The molecule has 5 heteroatoms. The van der Waals surface area contributed by atoms with Crippen LogP contribution in [0.2, 0.25) is 0 Å². The highest BCUT2D eigenvalue weighted by Crippen LogP contribution is 2.13. The molecule has 0 fully saturated rings. The van der Waals surface area contributed by atoms with Gasteiger partial charge in [0, 0.05) is 0 Å². The van der Waals surface area contributed by atoms with E-state index in [2.05, 4.69) is 5.09 Å². The highest BCUT2D eigenvalue weighted by atomic mass is 31.1. The van der Waals surface area contributed by atoms with Crippen molar-refractivity contribution in [1.29, 1.82) is 0 Å². The minimum absolute atomic E-state index is 0.465. The van der Waals surface area contributed by atoms with E-state index in [4.69, 9.17) is 5.11 Å². The van der Waals surface area contributed by atoms with Gasteiger partial charge in [-0.15, -0.1) is 0 Å². The van der Waals surface area contributed by atoms with Crippen LogP contribution in [0.15, 0.2) is 0 Å². The van der Waals surface area contributed by atoms with Crippen LogP contribution in [-0.2, 0) is 9.36 Å². The predicted octanol–water partition coefficient (Wildman–Crippen LogP) is 0.811. The first-order valence-electron chi connectivity index (χ1n) is 3.01. The molecule has 0 radical (unpaired) electrons. The molecular formula is C5H11NO3P+. The summed E-state index contributed by atoms with van der Waals surface area (Å²) in [5.41, 5.74) is 0. The van der Waals surface area contributed by atoms with Crippen LogP contribution >= 0.6 is 7.95 Å². The summed E-state index contributed by atoms with van der Waals surface area (Å²) in [6, 6.07) is -0.719. The maximum absolute atomic E-state index is 10.7. The molecule has 0 aliphatic rings. The zero-order valence-electron chi connectivity index (χ0n) is 6.00. The molecule has 0 aromatic heterocycles. The van der Waals surface area contributed by atoms with E-state index >= 15 is 0 Å². The third kappa shape index (κ3) is 3.54. The van der Waals surface area contributed by atoms with Gasteiger partial charge in [0.1, 0.15) is 6.04 Å². The number of aliphatic carboxylic acids is 1. The number of carboxylic acid groups (broad SMARTS) is 1. The molecule has 0 rings (SSSR count). The Morgan fingerprint density at radius 1 is 1.80 bits per heavy atom. The maximum atomic E-state index is 10.7. The minimum Gasteiger partial charge on any atom is -0.480 e. The molecule has 4 nitrogen and oxygen atoms in total. The van der Waals surface area contributed by atoms with Gasteiger partial charge in [-0.05, 0) is 13.8 Å². The van der Waals surface area contributed by atoms with Crippen molar-refractivity contribution in [1.82, 2.24) is 5.09 Å². The zero-order valence-corrected chi connectivity index (χ0v) is 6.89. The van der Waals surface area contributed by atoms with Gasteiger partial charge in [0.2, 0.25) is 0 Å². The van der Waals surface area contributed by atoms with Crippen molar-refractivity contribution < 1.29 is 14.5 Å². The lowest BCUT2D eigenvalue weighted by Crippen LogP contribution is -2.28. The van der Waals surface area contributed by atoms with Gasteiger partial charge in [0.15, 0.2) is 6.16 Å². The first-order valence-corrected chi connectivity index (χ1v) is 4.46. The molecule has 0 amide bonds. The zero-order chi connectivity index (χ0) is 8.15. The van der Waals surface area contributed by atoms with Crippen LogP contribution in [0.5, 0.6) is 0 Å². The second-order valence-electron chi connectivity index (χ2n) is 1.88. The molecule has 2 atom stereocenters. The summed E-state index contributed by atoms with van der Waals surface area (Å²) in [6.45, 7) is 3.20. The van der Waals surface area contributed by atoms with Crippen molar-refractivity contribution in [3.8, 4) is 0 Å². The van der Waals surface area contributed by atoms with Crippen molar-refractivity contribution in [3.63, 3.8) is 0 Å². The number of nitrogens with one attached hydrogen (secondary N) is 1. The van der Waals surface area contributed by atoms with Gasteiger partial charge in [-0.1, -0.05) is 9.65 Å². The van der Waals surface area contributed by atoms with Gasteiger partial charge < -0.3 is 5.11 Å². The quantitative estimate of drug-likeness (QED) is 0.603. The van der Waals surface area contributed by atoms with Crippen LogP contribution in [0.3, 0.4) is 0 Å². The Hall–Kier alpha value is -0.470. The van der Waals surface area contributed by atoms with Gasteiger partial charge in [0.05, 0.1) is 0 Å². The first kappa shape index (κ1) is 9.53. The molecule has 0 aromatic carbocycles. The molecule has 0 aliphatic heterocycles. The first-order chi connectivity index (χ1) is 4.57. The molecule has 2 N–H and O–H groups in total. The number of hydrogen-bond donors (Lipinski definition) is 2. The standard InChI is InChI=1S/C5H10NO3P/c1-3-10(9)6-4(2)5(7)8/h4H,3H2,1-2H3,(H-,6,7,8,9)/p+1/t4-/m0/s1. The van der Waals surface area contributed by atoms with Crippen molar-refractivity contribution in [2.24, 2.45) is 0 Å². The number of carboxylic acids is 1. The second-order valence-corrected chi connectivity index (χ2v) is 3.53. The minimum atomic E-state index is -1.53. The number of carbonyl (C=O) groups is 1. The van der Waals surface area contributed by atoms with Crippen LogP contribution in [0.4, 0.5) is 0 Å². The Bertz CT molecular complexity index is 148. The third-order valence-electron chi connectivity index (χ3n) is 0.995. The predicted molar refractivity (Wildman–Crippen MR) is 38.4 cm³/mol. The SMILES string of the molecule is CC[P+](=O)N[C@@H](C)C(=O)O. The van der Waals surface area contributed by atoms with Gasteiger partial charge in [-0.25, -0.2) is 0 Å². The lowest BCUT2D eigenvalue weighted by molar-refractivity contribution is -0.138. The van der Waals surface area contributed by atoms with Gasteiger partial charge in [-0.2, -0.15) is 0 Å². The topological polar surface area (TPSA) is 66.4 Å². The van der Waals surface area contributed by atoms with Crippen LogP contribution < -0.4 is 5.09 Å². The van der Waals surface area contributed by atoms with E-state index < -0.39 is 20.0 Å².